The highest BCUT2D eigenvalue weighted by atomic mass is 32.1. The highest BCUT2D eigenvalue weighted by molar-refractivity contribution is 7.11. The Hall–Kier alpha value is -3.16. The summed E-state index contributed by atoms with van der Waals surface area (Å²) in [6, 6.07) is 19.7. The van der Waals surface area contributed by atoms with Gasteiger partial charge in [-0.15, -0.1) is 11.3 Å². The lowest BCUT2D eigenvalue weighted by atomic mass is 10.1. The SMILES string of the molecule is Cc1ccc(CN(Cc2ccccc2)C(=O)CN(CC2CCCO2)C(=O)Nc2cccc(C)c2C)s1. The Balaban J connectivity index is 1.53. The third kappa shape index (κ3) is 6.95. The van der Waals surface area contributed by atoms with Crippen LogP contribution in [-0.4, -0.2) is 47.5 Å². The average molecular weight is 506 g/mol. The van der Waals surface area contributed by atoms with E-state index in [1.807, 2.05) is 67.3 Å². The van der Waals surface area contributed by atoms with Crippen molar-refractivity contribution >= 4 is 29.0 Å². The normalized spacial score (nSPS) is 15.0. The molecule has 0 radical (unpaired) electrons. The van der Waals surface area contributed by atoms with Crippen LogP contribution in [0.3, 0.4) is 0 Å². The lowest BCUT2D eigenvalue weighted by Crippen LogP contribution is -2.46. The van der Waals surface area contributed by atoms with Crippen LogP contribution in [0.4, 0.5) is 10.5 Å². The van der Waals surface area contributed by atoms with Gasteiger partial charge in [-0.25, -0.2) is 4.79 Å². The summed E-state index contributed by atoms with van der Waals surface area (Å²) < 4.78 is 5.82. The summed E-state index contributed by atoms with van der Waals surface area (Å²) in [5.74, 6) is -0.0842. The van der Waals surface area contributed by atoms with Crippen LogP contribution >= 0.6 is 11.3 Å². The topological polar surface area (TPSA) is 61.9 Å². The van der Waals surface area contributed by atoms with Gasteiger partial charge in [0.1, 0.15) is 6.54 Å². The van der Waals surface area contributed by atoms with Gasteiger partial charge in [0.2, 0.25) is 5.91 Å². The zero-order valence-electron chi connectivity index (χ0n) is 21.3. The molecule has 1 N–H and O–H groups in total. The van der Waals surface area contributed by atoms with E-state index >= 15 is 0 Å². The van der Waals surface area contributed by atoms with E-state index in [4.69, 9.17) is 4.74 Å². The van der Waals surface area contributed by atoms with Crippen molar-refractivity contribution in [2.75, 3.05) is 25.0 Å². The summed E-state index contributed by atoms with van der Waals surface area (Å²) in [5.41, 5.74) is 3.95. The minimum atomic E-state index is -0.279. The van der Waals surface area contributed by atoms with E-state index in [0.29, 0.717) is 26.2 Å². The molecule has 2 aromatic carbocycles. The molecule has 1 saturated heterocycles. The molecule has 1 fully saturated rings. The molecule has 2 heterocycles. The molecule has 36 heavy (non-hydrogen) atoms. The molecule has 7 heteroatoms. The second-order valence-corrected chi connectivity index (χ2v) is 10.8. The van der Waals surface area contributed by atoms with Crippen molar-refractivity contribution in [2.45, 2.75) is 52.8 Å². The maximum Gasteiger partial charge on any atom is 0.322 e. The van der Waals surface area contributed by atoms with Crippen LogP contribution in [0.2, 0.25) is 0 Å². The zero-order chi connectivity index (χ0) is 25.5. The smallest absolute Gasteiger partial charge is 0.322 e. The third-order valence-electron chi connectivity index (χ3n) is 6.62. The monoisotopic (exact) mass is 505 g/mol. The van der Waals surface area contributed by atoms with E-state index in [0.717, 1.165) is 40.1 Å². The second kappa shape index (κ2) is 12.2. The van der Waals surface area contributed by atoms with Gasteiger partial charge >= 0.3 is 6.03 Å². The number of carbonyl (C=O) groups excluding carboxylic acids is 2. The first-order valence-corrected chi connectivity index (χ1v) is 13.3. The highest BCUT2D eigenvalue weighted by Gasteiger charge is 2.27. The third-order valence-corrected chi connectivity index (χ3v) is 7.60. The van der Waals surface area contributed by atoms with Crippen LogP contribution in [0.1, 0.15) is 39.3 Å². The minimum Gasteiger partial charge on any atom is -0.376 e. The Labute approximate surface area is 217 Å². The number of nitrogens with one attached hydrogen (secondary N) is 1. The number of nitrogens with zero attached hydrogens (tertiary/aromatic N) is 2. The molecule has 3 amide bonds. The van der Waals surface area contributed by atoms with Gasteiger partial charge in [0.25, 0.3) is 0 Å². The predicted octanol–water partition coefficient (Wildman–Crippen LogP) is 5.92. The standard InChI is InChI=1S/C29H35N3O3S/c1-21-9-7-13-27(23(21)3)30-29(34)32(18-25-12-8-16-35-25)20-28(33)31(17-24-10-5-4-6-11-24)19-26-15-14-22(2)36-26/h4-7,9-11,13-15,25H,8,12,16-20H2,1-3H3,(H,30,34). The maximum absolute atomic E-state index is 13.7. The molecule has 1 aromatic heterocycles. The molecule has 1 aliphatic rings. The Kier molecular flexibility index (Phi) is 8.78. The Morgan fingerprint density at radius 2 is 1.78 bits per heavy atom. The second-order valence-electron chi connectivity index (χ2n) is 9.44. The Bertz CT molecular complexity index is 1170. The van der Waals surface area contributed by atoms with Crippen LogP contribution in [0.5, 0.6) is 0 Å². The number of aryl methyl sites for hydroxylation is 2. The Morgan fingerprint density at radius 1 is 0.972 bits per heavy atom. The average Bonchev–Trinajstić information content (AvgIpc) is 3.53. The molecular formula is C29H35N3O3S. The van der Waals surface area contributed by atoms with E-state index in [1.165, 1.54) is 4.88 Å². The number of rotatable bonds is 9. The molecule has 1 unspecified atom stereocenters. The van der Waals surface area contributed by atoms with Gasteiger partial charge in [0.15, 0.2) is 0 Å². The first kappa shape index (κ1) is 25.9. The van der Waals surface area contributed by atoms with Crippen molar-refractivity contribution in [1.29, 1.82) is 0 Å². The van der Waals surface area contributed by atoms with Crippen molar-refractivity contribution in [2.24, 2.45) is 0 Å². The molecule has 1 atom stereocenters. The number of ether oxygens (including phenoxy) is 1. The lowest BCUT2D eigenvalue weighted by Gasteiger charge is -2.29. The number of hydrogen-bond donors (Lipinski definition) is 1. The number of benzene rings is 2. The number of thiophene rings is 1. The fourth-order valence-electron chi connectivity index (χ4n) is 4.39. The van der Waals surface area contributed by atoms with Gasteiger partial charge in [-0.2, -0.15) is 0 Å². The maximum atomic E-state index is 13.7. The van der Waals surface area contributed by atoms with Gasteiger partial charge in [-0.3, -0.25) is 4.79 Å². The molecule has 190 valence electrons. The summed E-state index contributed by atoms with van der Waals surface area (Å²) in [4.78, 5) is 32.9. The summed E-state index contributed by atoms with van der Waals surface area (Å²) in [6.07, 6.45) is 1.82. The quantitative estimate of drug-likeness (QED) is 0.393. The molecular weight excluding hydrogens is 470 g/mol. The van der Waals surface area contributed by atoms with Crippen molar-refractivity contribution in [3.8, 4) is 0 Å². The highest BCUT2D eigenvalue weighted by Crippen LogP contribution is 2.21. The first-order valence-electron chi connectivity index (χ1n) is 12.5. The minimum absolute atomic E-state index is 0.00620. The van der Waals surface area contributed by atoms with E-state index in [2.05, 4.69) is 24.4 Å². The zero-order valence-corrected chi connectivity index (χ0v) is 22.1. The molecule has 0 aliphatic carbocycles. The number of hydrogen-bond acceptors (Lipinski definition) is 4. The van der Waals surface area contributed by atoms with E-state index in [-0.39, 0.29) is 24.6 Å². The summed E-state index contributed by atoms with van der Waals surface area (Å²) in [7, 11) is 0. The van der Waals surface area contributed by atoms with Gasteiger partial charge in [0.05, 0.1) is 12.6 Å². The molecule has 6 nitrogen and oxygen atoms in total. The summed E-state index contributed by atoms with van der Waals surface area (Å²) in [6.45, 7) is 8.16. The largest absolute Gasteiger partial charge is 0.376 e. The predicted molar refractivity (Wildman–Crippen MR) is 145 cm³/mol. The summed E-state index contributed by atoms with van der Waals surface area (Å²) >= 11 is 1.69. The van der Waals surface area contributed by atoms with Crippen LogP contribution < -0.4 is 5.32 Å². The summed E-state index contributed by atoms with van der Waals surface area (Å²) in [5, 5.41) is 3.03. The first-order chi connectivity index (χ1) is 17.4. The molecule has 0 saturated carbocycles. The Morgan fingerprint density at radius 3 is 2.47 bits per heavy atom. The molecule has 3 aromatic rings. The fourth-order valence-corrected chi connectivity index (χ4v) is 5.30. The van der Waals surface area contributed by atoms with E-state index < -0.39 is 0 Å². The molecule has 0 spiro atoms. The van der Waals surface area contributed by atoms with Crippen LogP contribution in [0, 0.1) is 20.8 Å². The van der Waals surface area contributed by atoms with Crippen LogP contribution in [-0.2, 0) is 22.6 Å². The van der Waals surface area contributed by atoms with E-state index in [9.17, 15) is 9.59 Å². The van der Waals surface area contributed by atoms with Crippen molar-refractivity contribution in [1.82, 2.24) is 9.80 Å². The van der Waals surface area contributed by atoms with Crippen molar-refractivity contribution in [3.05, 3.63) is 87.1 Å². The van der Waals surface area contributed by atoms with Crippen molar-refractivity contribution < 1.29 is 14.3 Å². The number of urea groups is 1. The van der Waals surface area contributed by atoms with Crippen LogP contribution in [0.25, 0.3) is 0 Å². The molecule has 0 bridgehead atoms. The number of amides is 3. The molecule has 1 aliphatic heterocycles. The molecule has 4 rings (SSSR count). The van der Waals surface area contributed by atoms with Gasteiger partial charge in [0, 0.05) is 35.1 Å². The lowest BCUT2D eigenvalue weighted by molar-refractivity contribution is -0.133. The van der Waals surface area contributed by atoms with E-state index in [1.54, 1.807) is 16.2 Å². The van der Waals surface area contributed by atoms with Gasteiger partial charge < -0.3 is 19.9 Å². The van der Waals surface area contributed by atoms with Crippen molar-refractivity contribution in [3.63, 3.8) is 0 Å². The number of carbonyl (C=O) groups is 2. The van der Waals surface area contributed by atoms with Gasteiger partial charge in [-0.05, 0) is 68.5 Å². The van der Waals surface area contributed by atoms with Crippen LogP contribution in [0.15, 0.2) is 60.7 Å². The van der Waals surface area contributed by atoms with Gasteiger partial charge in [-0.1, -0.05) is 42.5 Å². The number of anilines is 1. The fraction of sp³-hybridized carbons (Fsp3) is 0.379.